The van der Waals surface area contributed by atoms with Crippen molar-refractivity contribution in [3.05, 3.63) is 28.9 Å². The highest BCUT2D eigenvalue weighted by Crippen LogP contribution is 1.78. The lowest BCUT2D eigenvalue weighted by Gasteiger charge is -1.96. The Morgan fingerprint density at radius 2 is 2.45 bits per heavy atom. The van der Waals surface area contributed by atoms with Crippen molar-refractivity contribution >= 4 is 5.97 Å². The fraction of sp³-hybridized carbons (Fsp3) is 0.167. The van der Waals surface area contributed by atoms with Crippen molar-refractivity contribution in [2.75, 3.05) is 0 Å². The molecule has 1 aromatic rings. The number of carboxylic acid groups (broad SMARTS) is 1. The van der Waals surface area contributed by atoms with E-state index in [9.17, 15) is 9.59 Å². The first-order chi connectivity index (χ1) is 5.20. The Hall–Kier alpha value is -1.65. The number of aromatic nitrogens is 2. The molecule has 1 aromatic heterocycles. The second-order valence-corrected chi connectivity index (χ2v) is 1.92. The molecule has 5 nitrogen and oxygen atoms in total. The Morgan fingerprint density at radius 1 is 1.73 bits per heavy atom. The van der Waals surface area contributed by atoms with Crippen LogP contribution in [0.1, 0.15) is 0 Å². The van der Waals surface area contributed by atoms with Crippen LogP contribution < -0.4 is 5.69 Å². The van der Waals surface area contributed by atoms with Crippen LogP contribution in [-0.4, -0.2) is 20.6 Å². The number of aliphatic carboxylic acids is 1. The highest BCUT2D eigenvalue weighted by Gasteiger charge is 1.99. The zero-order chi connectivity index (χ0) is 8.27. The number of carbonyl (C=O) groups is 1. The Kier molecular flexibility index (Phi) is 2.00. The van der Waals surface area contributed by atoms with Gasteiger partial charge in [0.05, 0.1) is 0 Å². The topological polar surface area (TPSA) is 72.2 Å². The molecule has 1 heterocycles. The maximum absolute atomic E-state index is 10.7. The van der Waals surface area contributed by atoms with Gasteiger partial charge in [0.2, 0.25) is 0 Å². The van der Waals surface area contributed by atoms with Crippen molar-refractivity contribution in [1.29, 1.82) is 0 Å². The van der Waals surface area contributed by atoms with Gasteiger partial charge in [0.15, 0.2) is 0 Å². The van der Waals surface area contributed by atoms with E-state index in [-0.39, 0.29) is 6.54 Å². The molecule has 0 atom stereocenters. The maximum atomic E-state index is 10.7. The van der Waals surface area contributed by atoms with Gasteiger partial charge in [0.1, 0.15) is 6.54 Å². The summed E-state index contributed by atoms with van der Waals surface area (Å²) in [6, 6.07) is 1.50. The molecule has 11 heavy (non-hydrogen) atoms. The lowest BCUT2D eigenvalue weighted by molar-refractivity contribution is -0.137. The molecule has 0 aromatic carbocycles. The van der Waals surface area contributed by atoms with E-state index in [0.717, 1.165) is 4.57 Å². The van der Waals surface area contributed by atoms with Gasteiger partial charge in [-0.3, -0.25) is 9.36 Å². The summed E-state index contributed by atoms with van der Waals surface area (Å²) in [5.74, 6) is -1.06. The SMILES string of the molecule is O=C(O)Cn1cccnc1=O. The first-order valence-corrected chi connectivity index (χ1v) is 2.93. The van der Waals surface area contributed by atoms with E-state index in [2.05, 4.69) is 4.98 Å². The van der Waals surface area contributed by atoms with Crippen LogP contribution in [0.3, 0.4) is 0 Å². The third-order valence-electron chi connectivity index (χ3n) is 1.09. The van der Waals surface area contributed by atoms with Crippen molar-refractivity contribution in [2.45, 2.75) is 6.54 Å². The average Bonchev–Trinajstić information content (AvgIpc) is 1.93. The third kappa shape index (κ3) is 1.89. The van der Waals surface area contributed by atoms with Gasteiger partial charge in [0.25, 0.3) is 0 Å². The van der Waals surface area contributed by atoms with Crippen LogP contribution in [0.2, 0.25) is 0 Å². The van der Waals surface area contributed by atoms with Crippen LogP contribution in [0, 0.1) is 0 Å². The van der Waals surface area contributed by atoms with Gasteiger partial charge in [-0.1, -0.05) is 0 Å². The fourth-order valence-electron chi connectivity index (χ4n) is 0.653. The van der Waals surface area contributed by atoms with E-state index in [1.54, 1.807) is 0 Å². The zero-order valence-corrected chi connectivity index (χ0v) is 5.60. The first-order valence-electron chi connectivity index (χ1n) is 2.93. The average molecular weight is 154 g/mol. The van der Waals surface area contributed by atoms with Crippen molar-refractivity contribution in [3.63, 3.8) is 0 Å². The maximum Gasteiger partial charge on any atom is 0.348 e. The highest BCUT2D eigenvalue weighted by atomic mass is 16.4. The largest absolute Gasteiger partial charge is 0.480 e. The Balaban J connectivity index is 2.95. The monoisotopic (exact) mass is 154 g/mol. The summed E-state index contributed by atoms with van der Waals surface area (Å²) in [6.07, 6.45) is 2.70. The zero-order valence-electron chi connectivity index (χ0n) is 5.60. The van der Waals surface area contributed by atoms with E-state index in [1.165, 1.54) is 18.5 Å². The van der Waals surface area contributed by atoms with Crippen LogP contribution in [0.15, 0.2) is 23.3 Å². The molecule has 0 saturated carbocycles. The van der Waals surface area contributed by atoms with Gasteiger partial charge in [-0.25, -0.2) is 9.78 Å². The molecule has 1 N–H and O–H groups in total. The van der Waals surface area contributed by atoms with Crippen molar-refractivity contribution in [2.24, 2.45) is 0 Å². The Labute approximate surface area is 61.9 Å². The molecular formula is C6H6N2O3. The molecule has 0 bridgehead atoms. The lowest BCUT2D eigenvalue weighted by atomic mass is 10.6. The molecular weight excluding hydrogens is 148 g/mol. The van der Waals surface area contributed by atoms with E-state index in [0.29, 0.717) is 0 Å². The van der Waals surface area contributed by atoms with Gasteiger partial charge in [-0.2, -0.15) is 0 Å². The minimum absolute atomic E-state index is 0.341. The molecule has 0 aliphatic carbocycles. The third-order valence-corrected chi connectivity index (χ3v) is 1.09. The summed E-state index contributed by atoms with van der Waals surface area (Å²) in [5, 5.41) is 8.30. The van der Waals surface area contributed by atoms with Gasteiger partial charge < -0.3 is 5.11 Å². The van der Waals surface area contributed by atoms with Crippen LogP contribution in [0.4, 0.5) is 0 Å². The summed E-state index contributed by atoms with van der Waals surface area (Å²) >= 11 is 0. The first kappa shape index (κ1) is 7.46. The number of nitrogens with zero attached hydrogens (tertiary/aromatic N) is 2. The summed E-state index contributed by atoms with van der Waals surface area (Å²) in [7, 11) is 0. The second kappa shape index (κ2) is 2.96. The van der Waals surface area contributed by atoms with Gasteiger partial charge >= 0.3 is 11.7 Å². The molecule has 0 fully saturated rings. The fourth-order valence-corrected chi connectivity index (χ4v) is 0.653. The van der Waals surface area contributed by atoms with Crippen LogP contribution in [0.25, 0.3) is 0 Å². The molecule has 0 saturated heterocycles. The molecule has 58 valence electrons. The van der Waals surface area contributed by atoms with E-state index in [1.807, 2.05) is 0 Å². The van der Waals surface area contributed by atoms with Gasteiger partial charge in [-0.05, 0) is 6.07 Å². The summed E-state index contributed by atoms with van der Waals surface area (Å²) < 4.78 is 1.02. The number of rotatable bonds is 2. The van der Waals surface area contributed by atoms with E-state index >= 15 is 0 Å². The van der Waals surface area contributed by atoms with Crippen molar-refractivity contribution < 1.29 is 9.90 Å². The highest BCUT2D eigenvalue weighted by molar-refractivity contribution is 5.66. The number of hydrogen-bond acceptors (Lipinski definition) is 3. The van der Waals surface area contributed by atoms with Crippen molar-refractivity contribution in [1.82, 2.24) is 9.55 Å². The van der Waals surface area contributed by atoms with Crippen LogP contribution in [-0.2, 0) is 11.3 Å². The molecule has 0 spiro atoms. The summed E-state index contributed by atoms with van der Waals surface area (Å²) in [5.41, 5.74) is -0.546. The van der Waals surface area contributed by atoms with Crippen LogP contribution >= 0.6 is 0 Å². The normalized spacial score (nSPS) is 9.45. The molecule has 5 heteroatoms. The molecule has 0 aliphatic rings. The molecule has 0 aliphatic heterocycles. The predicted molar refractivity (Wildman–Crippen MR) is 36.1 cm³/mol. The molecule has 0 unspecified atom stereocenters. The van der Waals surface area contributed by atoms with E-state index < -0.39 is 11.7 Å². The molecule has 0 amide bonds. The lowest BCUT2D eigenvalue weighted by Crippen LogP contribution is -2.24. The smallest absolute Gasteiger partial charge is 0.348 e. The second-order valence-electron chi connectivity index (χ2n) is 1.92. The standard InChI is InChI=1S/C6H6N2O3/c9-5(10)4-8-3-1-2-7-6(8)11/h1-3H,4H2,(H,9,10). The van der Waals surface area contributed by atoms with Crippen molar-refractivity contribution in [3.8, 4) is 0 Å². The quantitative estimate of drug-likeness (QED) is 0.613. The minimum Gasteiger partial charge on any atom is -0.480 e. The Bertz CT molecular complexity index is 318. The Morgan fingerprint density at radius 3 is 3.00 bits per heavy atom. The summed E-state index contributed by atoms with van der Waals surface area (Å²) in [6.45, 7) is -0.341. The molecule has 1 rings (SSSR count). The number of carboxylic acids is 1. The number of hydrogen-bond donors (Lipinski definition) is 1. The van der Waals surface area contributed by atoms with Gasteiger partial charge in [0, 0.05) is 12.4 Å². The summed E-state index contributed by atoms with van der Waals surface area (Å²) in [4.78, 5) is 24.3. The van der Waals surface area contributed by atoms with Gasteiger partial charge in [-0.15, -0.1) is 0 Å². The minimum atomic E-state index is -1.06. The predicted octanol–water partition coefficient (Wildman–Crippen LogP) is -0.672. The molecule has 0 radical (unpaired) electrons. The van der Waals surface area contributed by atoms with Crippen LogP contribution in [0.5, 0.6) is 0 Å². The van der Waals surface area contributed by atoms with E-state index in [4.69, 9.17) is 5.11 Å².